The van der Waals surface area contributed by atoms with E-state index in [1.165, 1.54) is 6.42 Å². The van der Waals surface area contributed by atoms with E-state index in [1.54, 1.807) is 3.33 Å². The number of rotatable bonds is 1. The zero-order valence-corrected chi connectivity index (χ0v) is 8.54. The van der Waals surface area contributed by atoms with Gasteiger partial charge in [-0.05, 0) is 0 Å². The molecule has 0 amide bonds. The van der Waals surface area contributed by atoms with Gasteiger partial charge in [-0.3, -0.25) is 0 Å². The molecule has 0 aliphatic heterocycles. The van der Waals surface area contributed by atoms with Crippen LogP contribution in [-0.4, -0.2) is 0 Å². The number of hydrogen-bond acceptors (Lipinski definition) is 0. The summed E-state index contributed by atoms with van der Waals surface area (Å²) in [6.07, 6.45) is 7.99. The zero-order chi connectivity index (χ0) is 5.98. The second-order valence-corrected chi connectivity index (χ2v) is 7.29. The van der Waals surface area contributed by atoms with E-state index in [0.29, 0.717) is 0 Å². The molecule has 0 saturated carbocycles. The van der Waals surface area contributed by atoms with Crippen molar-refractivity contribution >= 4 is 12.4 Å². The predicted octanol–water partition coefficient (Wildman–Crippen LogP) is 2.97. The first-order chi connectivity index (χ1) is 3.80. The topological polar surface area (TPSA) is 0 Å². The molecule has 0 aromatic heterocycles. The summed E-state index contributed by atoms with van der Waals surface area (Å²) >= 11 is -0.832. The molecule has 0 N–H and O–H groups in total. The Morgan fingerprint density at radius 1 is 1.44 bits per heavy atom. The molecular weight excluding hydrogens is 164 g/mol. The van der Waals surface area contributed by atoms with Gasteiger partial charge in [-0.15, -0.1) is 12.4 Å². The van der Waals surface area contributed by atoms with Crippen molar-refractivity contribution in [1.82, 2.24) is 0 Å². The van der Waals surface area contributed by atoms with E-state index in [4.69, 9.17) is 0 Å². The normalized spacial score (nSPS) is 14.7. The van der Waals surface area contributed by atoms with Gasteiger partial charge in [0.25, 0.3) is 0 Å². The van der Waals surface area contributed by atoms with E-state index in [0.717, 1.165) is 0 Å². The van der Waals surface area contributed by atoms with Crippen molar-refractivity contribution in [2.24, 2.45) is 0 Å². The van der Waals surface area contributed by atoms with Gasteiger partial charge in [0.05, 0.1) is 0 Å². The first-order valence-electron chi connectivity index (χ1n) is 3.16. The molecule has 50 valence electrons. The Hall–Kier alpha value is 0.640. The van der Waals surface area contributed by atoms with Crippen LogP contribution in [0.15, 0.2) is 21.6 Å². The molecule has 0 bridgehead atoms. The third kappa shape index (κ3) is 2.81. The molecular formula is C7H12ClSc. The third-order valence-electron chi connectivity index (χ3n) is 1.54. The van der Waals surface area contributed by atoms with Gasteiger partial charge in [-0.25, -0.2) is 0 Å². The minimum absolute atomic E-state index is 0. The van der Waals surface area contributed by atoms with Gasteiger partial charge in [-0.2, -0.15) is 0 Å². The molecule has 2 heteroatoms. The van der Waals surface area contributed by atoms with Crippen LogP contribution in [0.25, 0.3) is 0 Å². The molecule has 0 aromatic rings. The van der Waals surface area contributed by atoms with E-state index >= 15 is 0 Å². The Morgan fingerprint density at radius 3 is 2.33 bits per heavy atom. The van der Waals surface area contributed by atoms with E-state index in [1.807, 2.05) is 0 Å². The SMILES string of the molecule is Cl.[CH3][Sc]([CH3])[C]1=CC=CC1. The van der Waals surface area contributed by atoms with Gasteiger partial charge >= 0.3 is 58.8 Å². The number of allylic oxidation sites excluding steroid dienone is 4. The first kappa shape index (κ1) is 9.64. The maximum absolute atomic E-state index is 2.42. The molecule has 0 nitrogen and oxygen atoms in total. The van der Waals surface area contributed by atoms with Crippen LogP contribution in [0.1, 0.15) is 6.42 Å². The molecule has 0 atom stereocenters. The summed E-state index contributed by atoms with van der Waals surface area (Å²) in [4.78, 5) is 0. The van der Waals surface area contributed by atoms with E-state index in [-0.39, 0.29) is 12.4 Å². The quantitative estimate of drug-likeness (QED) is 0.576. The van der Waals surface area contributed by atoms with E-state index in [2.05, 4.69) is 27.6 Å². The van der Waals surface area contributed by atoms with Gasteiger partial charge in [0, 0.05) is 0 Å². The van der Waals surface area contributed by atoms with Crippen LogP contribution in [0, 0.1) is 0 Å². The monoisotopic (exact) mass is 176 g/mol. The number of hydrogen-bond donors (Lipinski definition) is 0. The molecule has 0 fully saturated rings. The van der Waals surface area contributed by atoms with Gasteiger partial charge in [-0.1, -0.05) is 0 Å². The van der Waals surface area contributed by atoms with Crippen molar-refractivity contribution in [1.29, 1.82) is 0 Å². The average Bonchev–Trinajstić information content (AvgIpc) is 2.12. The molecule has 0 radical (unpaired) electrons. The Morgan fingerprint density at radius 2 is 2.11 bits per heavy atom. The summed E-state index contributed by atoms with van der Waals surface area (Å²) in [5, 5.41) is 0. The van der Waals surface area contributed by atoms with Crippen LogP contribution >= 0.6 is 12.4 Å². The molecule has 9 heavy (non-hydrogen) atoms. The molecule has 0 aromatic carbocycles. The first-order valence-corrected chi connectivity index (χ1v) is 7.67. The minimum atomic E-state index is -0.832. The molecule has 1 aliphatic carbocycles. The summed E-state index contributed by atoms with van der Waals surface area (Å²) in [5.41, 5.74) is 0. The second kappa shape index (κ2) is 4.45. The molecule has 0 heterocycles. The van der Waals surface area contributed by atoms with Crippen molar-refractivity contribution < 1.29 is 21.4 Å². The fourth-order valence-electron chi connectivity index (χ4n) is 0.892. The standard InChI is InChI=1S/C5H5.2CH3.ClH.Sc/c1-2-4-5-3-1;;;;/h1-3H,4H2;2*1H3;1H;. The predicted molar refractivity (Wildman–Crippen MR) is 40.8 cm³/mol. The Balaban J connectivity index is 0.000000640. The van der Waals surface area contributed by atoms with E-state index < -0.39 is 21.4 Å². The van der Waals surface area contributed by atoms with Crippen LogP contribution in [0.2, 0.25) is 9.36 Å². The molecule has 1 rings (SSSR count). The summed E-state index contributed by atoms with van der Waals surface area (Å²) in [6, 6.07) is 0. The Kier molecular flexibility index (Phi) is 4.77. The molecule has 0 spiro atoms. The second-order valence-electron chi connectivity index (χ2n) is 2.53. The van der Waals surface area contributed by atoms with Gasteiger partial charge in [0.15, 0.2) is 0 Å². The van der Waals surface area contributed by atoms with Crippen LogP contribution in [-0.2, 0) is 21.4 Å². The molecule has 0 unspecified atom stereocenters. The van der Waals surface area contributed by atoms with Crippen LogP contribution in [0.5, 0.6) is 0 Å². The van der Waals surface area contributed by atoms with Crippen molar-refractivity contribution in [2.45, 2.75) is 15.8 Å². The molecule has 1 aliphatic rings. The van der Waals surface area contributed by atoms with Gasteiger partial charge in [0.2, 0.25) is 0 Å². The maximum atomic E-state index is 2.42. The fraction of sp³-hybridized carbons (Fsp3) is 0.429. The Bertz CT molecular complexity index is 136. The summed E-state index contributed by atoms with van der Waals surface area (Å²) in [7, 11) is 0. The van der Waals surface area contributed by atoms with Crippen LogP contribution in [0.3, 0.4) is 0 Å². The fourth-order valence-corrected chi connectivity index (χ4v) is 2.62. The van der Waals surface area contributed by atoms with Crippen molar-refractivity contribution in [3.8, 4) is 0 Å². The Labute approximate surface area is 71.0 Å². The van der Waals surface area contributed by atoms with E-state index in [9.17, 15) is 0 Å². The van der Waals surface area contributed by atoms with Crippen LogP contribution in [0.4, 0.5) is 0 Å². The third-order valence-corrected chi connectivity index (χ3v) is 4.53. The molecule has 0 saturated heterocycles. The van der Waals surface area contributed by atoms with Crippen molar-refractivity contribution in [2.75, 3.05) is 0 Å². The summed E-state index contributed by atoms with van der Waals surface area (Å²) < 4.78 is 6.59. The zero-order valence-electron chi connectivity index (χ0n) is 5.92. The van der Waals surface area contributed by atoms with Gasteiger partial charge < -0.3 is 0 Å². The number of halogens is 1. The van der Waals surface area contributed by atoms with Crippen molar-refractivity contribution in [3.63, 3.8) is 0 Å². The van der Waals surface area contributed by atoms with Crippen LogP contribution < -0.4 is 0 Å². The summed E-state index contributed by atoms with van der Waals surface area (Å²) in [6.45, 7) is 0. The van der Waals surface area contributed by atoms with Gasteiger partial charge in [0.1, 0.15) is 0 Å². The average molecular weight is 177 g/mol. The van der Waals surface area contributed by atoms with Crippen molar-refractivity contribution in [3.05, 3.63) is 21.6 Å². The summed E-state index contributed by atoms with van der Waals surface area (Å²) in [5.74, 6) is 0.